The second-order valence-corrected chi connectivity index (χ2v) is 8.38. The third kappa shape index (κ3) is 4.95. The summed E-state index contributed by atoms with van der Waals surface area (Å²) in [7, 11) is 1.96. The van der Waals surface area contributed by atoms with E-state index in [2.05, 4.69) is 20.2 Å². The molecule has 2 aliphatic rings. The van der Waals surface area contributed by atoms with Crippen molar-refractivity contribution in [1.82, 2.24) is 19.8 Å². The molecule has 2 aromatic heterocycles. The Hall–Kier alpha value is -2.54. The topological polar surface area (TPSA) is 61.4 Å². The second kappa shape index (κ2) is 9.51. The first kappa shape index (κ1) is 20.7. The Morgan fingerprint density at radius 1 is 1.10 bits per heavy atom. The van der Waals surface area contributed by atoms with Crippen molar-refractivity contribution in [1.29, 1.82) is 0 Å². The molecule has 1 unspecified atom stereocenters. The Morgan fingerprint density at radius 3 is 2.63 bits per heavy atom. The number of hydrogen-bond donors (Lipinski definition) is 1. The number of likely N-dealkylation sites (tertiary alicyclic amines) is 1. The zero-order valence-corrected chi connectivity index (χ0v) is 17.6. The molecule has 4 rings (SSSR count). The van der Waals surface area contributed by atoms with Crippen LogP contribution in [0, 0.1) is 5.82 Å². The number of halogens is 1. The molecule has 0 aromatic carbocycles. The summed E-state index contributed by atoms with van der Waals surface area (Å²) < 4.78 is 13.0. The largest absolute Gasteiger partial charge is 0.342 e. The summed E-state index contributed by atoms with van der Waals surface area (Å²) in [5.41, 5.74) is 1.79. The van der Waals surface area contributed by atoms with E-state index in [1.54, 1.807) is 12.3 Å². The zero-order valence-electron chi connectivity index (χ0n) is 17.6. The fourth-order valence-electron chi connectivity index (χ4n) is 4.58. The lowest BCUT2D eigenvalue weighted by atomic mass is 9.94. The van der Waals surface area contributed by atoms with Gasteiger partial charge in [-0.25, -0.2) is 9.37 Å². The Balaban J connectivity index is 1.36. The van der Waals surface area contributed by atoms with Crippen molar-refractivity contribution >= 4 is 17.4 Å². The van der Waals surface area contributed by atoms with Gasteiger partial charge in [0, 0.05) is 13.1 Å². The summed E-state index contributed by atoms with van der Waals surface area (Å²) in [6, 6.07) is 7.50. The molecule has 0 bridgehead atoms. The molecule has 1 saturated heterocycles. The Bertz CT molecular complexity index is 836. The predicted molar refractivity (Wildman–Crippen MR) is 115 cm³/mol. The van der Waals surface area contributed by atoms with Crippen molar-refractivity contribution in [3.63, 3.8) is 0 Å². The highest BCUT2D eigenvalue weighted by Gasteiger charge is 2.31. The molecule has 1 atom stereocenters. The number of anilines is 2. The van der Waals surface area contributed by atoms with E-state index in [0.717, 1.165) is 43.6 Å². The van der Waals surface area contributed by atoms with E-state index < -0.39 is 0 Å². The molecule has 160 valence electrons. The van der Waals surface area contributed by atoms with Gasteiger partial charge in [-0.15, -0.1) is 0 Å². The number of likely N-dealkylation sites (N-methyl/N-ethyl adjacent to an activating group) is 1. The molecule has 30 heavy (non-hydrogen) atoms. The molecule has 1 N–H and O–H groups in total. The summed E-state index contributed by atoms with van der Waals surface area (Å²) in [4.78, 5) is 25.8. The van der Waals surface area contributed by atoms with Crippen molar-refractivity contribution in [2.75, 3.05) is 25.5 Å². The van der Waals surface area contributed by atoms with E-state index in [1.807, 2.05) is 24.1 Å². The van der Waals surface area contributed by atoms with Crippen LogP contribution in [0.1, 0.15) is 56.7 Å². The Kier molecular flexibility index (Phi) is 6.57. The van der Waals surface area contributed by atoms with Crippen LogP contribution in [0.2, 0.25) is 0 Å². The number of rotatable bonds is 6. The van der Waals surface area contributed by atoms with E-state index in [4.69, 9.17) is 0 Å². The number of amides is 1. The van der Waals surface area contributed by atoms with Crippen molar-refractivity contribution in [2.45, 2.75) is 57.0 Å². The molecule has 0 spiro atoms. The molecule has 7 heteroatoms. The maximum atomic E-state index is 13.0. The molecule has 0 radical (unpaired) electrons. The first-order valence-electron chi connectivity index (χ1n) is 10.9. The summed E-state index contributed by atoms with van der Waals surface area (Å²) in [5.74, 6) is 0.429. The van der Waals surface area contributed by atoms with Crippen LogP contribution in [0.15, 0.2) is 36.7 Å². The van der Waals surface area contributed by atoms with Crippen LogP contribution in [0.3, 0.4) is 0 Å². The van der Waals surface area contributed by atoms with Gasteiger partial charge in [0.25, 0.3) is 0 Å². The molecule has 1 aliphatic heterocycles. The number of hydrogen-bond acceptors (Lipinski definition) is 5. The fourth-order valence-corrected chi connectivity index (χ4v) is 4.58. The smallest absolute Gasteiger partial charge is 0.236 e. The number of nitrogens with zero attached hydrogens (tertiary/aromatic N) is 4. The first-order valence-corrected chi connectivity index (χ1v) is 10.9. The van der Waals surface area contributed by atoms with Gasteiger partial charge in [-0.3, -0.25) is 14.7 Å². The minimum atomic E-state index is -0.362. The quantitative estimate of drug-likeness (QED) is 0.768. The van der Waals surface area contributed by atoms with Gasteiger partial charge < -0.3 is 10.2 Å². The number of carbonyl (C=O) groups is 1. The van der Waals surface area contributed by atoms with Gasteiger partial charge in [0.15, 0.2) is 0 Å². The lowest BCUT2D eigenvalue weighted by molar-refractivity contribution is -0.134. The molecule has 6 nitrogen and oxygen atoms in total. The molecular weight excluding hydrogens is 381 g/mol. The summed E-state index contributed by atoms with van der Waals surface area (Å²) in [6.45, 7) is 1.38. The average molecular weight is 412 g/mol. The van der Waals surface area contributed by atoms with Gasteiger partial charge in [-0.05, 0) is 56.5 Å². The Labute approximate surface area is 177 Å². The highest BCUT2D eigenvalue weighted by atomic mass is 19.1. The van der Waals surface area contributed by atoms with E-state index >= 15 is 0 Å². The standard InChI is InChI=1S/C23H30FN5O/c1-28(19-6-3-2-4-7-19)23(30)16-29-13-5-8-21(29)20-11-10-18(15-25-20)27-22-12-9-17(24)14-26-22/h9-12,14-15,19,21H,2-8,13,16H2,1H3,(H,26,27). The van der Waals surface area contributed by atoms with E-state index in [-0.39, 0.29) is 17.8 Å². The third-order valence-electron chi connectivity index (χ3n) is 6.35. The number of nitrogens with one attached hydrogen (secondary N) is 1. The highest BCUT2D eigenvalue weighted by Crippen LogP contribution is 2.31. The third-order valence-corrected chi connectivity index (χ3v) is 6.35. The van der Waals surface area contributed by atoms with Crippen LogP contribution < -0.4 is 5.32 Å². The van der Waals surface area contributed by atoms with Crippen LogP contribution in [0.4, 0.5) is 15.9 Å². The van der Waals surface area contributed by atoms with E-state index in [1.165, 1.54) is 31.5 Å². The fraction of sp³-hybridized carbons (Fsp3) is 0.522. The van der Waals surface area contributed by atoms with E-state index in [0.29, 0.717) is 18.4 Å². The number of carbonyl (C=O) groups excluding carboxylic acids is 1. The van der Waals surface area contributed by atoms with Crippen molar-refractivity contribution in [3.8, 4) is 0 Å². The first-order chi connectivity index (χ1) is 14.6. The summed E-state index contributed by atoms with van der Waals surface area (Å²) in [5, 5.41) is 3.13. The van der Waals surface area contributed by atoms with Gasteiger partial charge in [-0.2, -0.15) is 0 Å². The summed E-state index contributed by atoms with van der Waals surface area (Å²) in [6.07, 6.45) is 11.1. The highest BCUT2D eigenvalue weighted by molar-refractivity contribution is 5.78. The maximum Gasteiger partial charge on any atom is 0.236 e. The SMILES string of the molecule is CN(C(=O)CN1CCCC1c1ccc(Nc2ccc(F)cn2)cn1)C1CCCCC1. The molecule has 3 heterocycles. The monoisotopic (exact) mass is 411 g/mol. The molecule has 1 saturated carbocycles. The minimum absolute atomic E-state index is 0.173. The number of pyridine rings is 2. The maximum absolute atomic E-state index is 13.0. The predicted octanol–water partition coefficient (Wildman–Crippen LogP) is 4.29. The average Bonchev–Trinajstić information content (AvgIpc) is 3.24. The van der Waals surface area contributed by atoms with Crippen molar-refractivity contribution in [3.05, 3.63) is 48.2 Å². The summed E-state index contributed by atoms with van der Waals surface area (Å²) >= 11 is 0. The van der Waals surface area contributed by atoms with Crippen LogP contribution in [0.5, 0.6) is 0 Å². The molecular formula is C23H30FN5O. The molecule has 2 aromatic rings. The van der Waals surface area contributed by atoms with Crippen molar-refractivity contribution in [2.24, 2.45) is 0 Å². The lowest BCUT2D eigenvalue weighted by Gasteiger charge is -2.33. The molecule has 2 fully saturated rings. The minimum Gasteiger partial charge on any atom is -0.342 e. The van der Waals surface area contributed by atoms with E-state index in [9.17, 15) is 9.18 Å². The van der Waals surface area contributed by atoms with Crippen LogP contribution in [-0.4, -0.2) is 51.9 Å². The molecule has 1 amide bonds. The number of aromatic nitrogens is 2. The van der Waals surface area contributed by atoms with Crippen LogP contribution in [0.25, 0.3) is 0 Å². The second-order valence-electron chi connectivity index (χ2n) is 8.38. The van der Waals surface area contributed by atoms with Gasteiger partial charge in [0.1, 0.15) is 11.6 Å². The lowest BCUT2D eigenvalue weighted by Crippen LogP contribution is -2.44. The Morgan fingerprint density at radius 2 is 1.93 bits per heavy atom. The van der Waals surface area contributed by atoms with Crippen LogP contribution in [-0.2, 0) is 4.79 Å². The van der Waals surface area contributed by atoms with Gasteiger partial charge in [0.2, 0.25) is 5.91 Å². The molecule has 1 aliphatic carbocycles. The zero-order chi connectivity index (χ0) is 20.9. The van der Waals surface area contributed by atoms with Gasteiger partial charge in [0.05, 0.1) is 36.4 Å². The van der Waals surface area contributed by atoms with Gasteiger partial charge >= 0.3 is 0 Å². The van der Waals surface area contributed by atoms with Crippen LogP contribution >= 0.6 is 0 Å². The normalized spacial score (nSPS) is 20.3. The van der Waals surface area contributed by atoms with Crippen molar-refractivity contribution < 1.29 is 9.18 Å². The van der Waals surface area contributed by atoms with Gasteiger partial charge in [-0.1, -0.05) is 19.3 Å².